The molecular weight excluding hydrogens is 298 g/mol. The monoisotopic (exact) mass is 321 g/mol. The maximum Gasteiger partial charge on any atom is 0.0991 e. The number of nitrogens with one attached hydrogen (secondary N) is 1. The predicted octanol–water partition coefficient (Wildman–Crippen LogP) is 3.95. The summed E-state index contributed by atoms with van der Waals surface area (Å²) in [5.74, 6) is 0.654. The predicted molar refractivity (Wildman–Crippen MR) is 90.2 cm³/mol. The maximum absolute atomic E-state index is 4.90. The number of aryl methyl sites for hydroxylation is 1. The van der Waals surface area contributed by atoms with Crippen LogP contribution < -0.4 is 5.32 Å². The highest BCUT2D eigenvalue weighted by Gasteiger charge is 2.22. The molecule has 2 heterocycles. The lowest BCUT2D eigenvalue weighted by atomic mass is 10.1. The molecule has 0 saturated heterocycles. The van der Waals surface area contributed by atoms with Crippen molar-refractivity contribution in [1.29, 1.82) is 0 Å². The van der Waals surface area contributed by atoms with Crippen LogP contribution in [0.1, 0.15) is 53.0 Å². The fourth-order valence-corrected chi connectivity index (χ4v) is 4.04. The van der Waals surface area contributed by atoms with Gasteiger partial charge < -0.3 is 5.32 Å². The largest absolute Gasteiger partial charge is 0.309 e. The van der Waals surface area contributed by atoms with Crippen molar-refractivity contribution in [2.75, 3.05) is 0 Å². The first-order chi connectivity index (χ1) is 10.1. The molecule has 5 heteroatoms. The Balaban J connectivity index is 1.73. The second-order valence-corrected chi connectivity index (χ2v) is 8.50. The second-order valence-electron chi connectivity index (χ2n) is 6.27. The molecule has 0 radical (unpaired) electrons. The Hall–Kier alpha value is -0.780. The summed E-state index contributed by atoms with van der Waals surface area (Å²) in [4.78, 5) is 10.9. The zero-order chi connectivity index (χ0) is 14.8. The minimum absolute atomic E-state index is 0.654. The molecule has 3 rings (SSSR count). The molecule has 1 N–H and O–H groups in total. The van der Waals surface area contributed by atoms with Crippen LogP contribution in [0.25, 0.3) is 0 Å². The van der Waals surface area contributed by atoms with Gasteiger partial charge in [0.25, 0.3) is 0 Å². The molecule has 0 atom stereocenters. The summed E-state index contributed by atoms with van der Waals surface area (Å²) in [6.07, 6.45) is 4.63. The van der Waals surface area contributed by atoms with Crippen LogP contribution >= 0.6 is 22.7 Å². The van der Waals surface area contributed by atoms with Crippen molar-refractivity contribution in [3.63, 3.8) is 0 Å². The van der Waals surface area contributed by atoms with Crippen molar-refractivity contribution in [3.8, 4) is 0 Å². The SMILES string of the molecule is Cc1nc(Cc2nc(CC(C)C)c(CNC3CC3)s2)cs1. The van der Waals surface area contributed by atoms with Gasteiger partial charge in [-0.15, -0.1) is 22.7 Å². The molecule has 1 aliphatic rings. The normalized spacial score (nSPS) is 15.0. The first-order valence-electron chi connectivity index (χ1n) is 7.72. The molecule has 0 amide bonds. The molecule has 21 heavy (non-hydrogen) atoms. The van der Waals surface area contributed by atoms with Crippen LogP contribution in [-0.4, -0.2) is 16.0 Å². The van der Waals surface area contributed by atoms with E-state index in [-0.39, 0.29) is 0 Å². The molecule has 3 nitrogen and oxygen atoms in total. The van der Waals surface area contributed by atoms with Crippen molar-refractivity contribution in [1.82, 2.24) is 15.3 Å². The smallest absolute Gasteiger partial charge is 0.0991 e. The van der Waals surface area contributed by atoms with Crippen LogP contribution in [0.5, 0.6) is 0 Å². The fourth-order valence-electron chi connectivity index (χ4n) is 2.37. The average Bonchev–Trinajstić information content (AvgIpc) is 3.05. The molecule has 0 bridgehead atoms. The standard InChI is InChI=1S/C16H23N3S2/c1-10(2)6-14-15(8-17-12-4-5-12)21-16(19-14)7-13-9-20-11(3)18-13/h9-10,12,17H,4-8H2,1-3H3. The van der Waals surface area contributed by atoms with Gasteiger partial charge in [-0.25, -0.2) is 9.97 Å². The molecular formula is C16H23N3S2. The van der Waals surface area contributed by atoms with E-state index in [1.165, 1.54) is 28.4 Å². The third kappa shape index (κ3) is 4.34. The van der Waals surface area contributed by atoms with Crippen LogP contribution in [0.2, 0.25) is 0 Å². The molecule has 1 saturated carbocycles. The van der Waals surface area contributed by atoms with Crippen LogP contribution in [0.15, 0.2) is 5.38 Å². The van der Waals surface area contributed by atoms with E-state index in [1.54, 1.807) is 11.3 Å². The van der Waals surface area contributed by atoms with Crippen LogP contribution in [0.4, 0.5) is 0 Å². The van der Waals surface area contributed by atoms with Gasteiger partial charge in [0.15, 0.2) is 0 Å². The summed E-state index contributed by atoms with van der Waals surface area (Å²) in [6.45, 7) is 7.58. The molecule has 0 aliphatic heterocycles. The summed E-state index contributed by atoms with van der Waals surface area (Å²) in [7, 11) is 0. The summed E-state index contributed by atoms with van der Waals surface area (Å²) >= 11 is 3.59. The lowest BCUT2D eigenvalue weighted by Crippen LogP contribution is -2.15. The van der Waals surface area contributed by atoms with Gasteiger partial charge in [-0.1, -0.05) is 13.8 Å². The number of aromatic nitrogens is 2. The Morgan fingerprint density at radius 1 is 1.33 bits per heavy atom. The summed E-state index contributed by atoms with van der Waals surface area (Å²) in [5.41, 5.74) is 2.45. The van der Waals surface area contributed by atoms with E-state index in [1.807, 2.05) is 11.3 Å². The zero-order valence-electron chi connectivity index (χ0n) is 13.0. The van der Waals surface area contributed by atoms with Crippen LogP contribution in [-0.2, 0) is 19.4 Å². The molecule has 114 valence electrons. The quantitative estimate of drug-likeness (QED) is 0.839. The Labute approximate surface area is 134 Å². The van der Waals surface area contributed by atoms with E-state index in [0.29, 0.717) is 5.92 Å². The maximum atomic E-state index is 4.90. The van der Waals surface area contributed by atoms with Gasteiger partial charge >= 0.3 is 0 Å². The van der Waals surface area contributed by atoms with Gasteiger partial charge in [-0.3, -0.25) is 0 Å². The Bertz CT molecular complexity index is 596. The molecule has 0 spiro atoms. The highest BCUT2D eigenvalue weighted by molar-refractivity contribution is 7.11. The number of thiazole rings is 2. The average molecular weight is 322 g/mol. The molecule has 2 aromatic rings. The van der Waals surface area contributed by atoms with Gasteiger partial charge in [0.2, 0.25) is 0 Å². The minimum atomic E-state index is 0.654. The Morgan fingerprint density at radius 3 is 2.76 bits per heavy atom. The van der Waals surface area contributed by atoms with Crippen LogP contribution in [0.3, 0.4) is 0 Å². The molecule has 2 aromatic heterocycles. The highest BCUT2D eigenvalue weighted by Crippen LogP contribution is 2.26. The van der Waals surface area contributed by atoms with Gasteiger partial charge in [0.1, 0.15) is 0 Å². The Morgan fingerprint density at radius 2 is 2.14 bits per heavy atom. The number of hydrogen-bond donors (Lipinski definition) is 1. The highest BCUT2D eigenvalue weighted by atomic mass is 32.1. The molecule has 0 unspecified atom stereocenters. The van der Waals surface area contributed by atoms with E-state index >= 15 is 0 Å². The second kappa shape index (κ2) is 6.55. The van der Waals surface area contributed by atoms with Gasteiger partial charge in [0, 0.05) is 29.3 Å². The van der Waals surface area contributed by atoms with Crippen molar-refractivity contribution in [2.45, 2.75) is 59.0 Å². The Kier molecular flexibility index (Phi) is 4.72. The molecule has 0 aromatic carbocycles. The van der Waals surface area contributed by atoms with Gasteiger partial charge in [-0.05, 0) is 32.1 Å². The van der Waals surface area contributed by atoms with E-state index < -0.39 is 0 Å². The third-order valence-corrected chi connectivity index (χ3v) is 5.47. The van der Waals surface area contributed by atoms with Crippen LogP contribution in [0, 0.1) is 12.8 Å². The topological polar surface area (TPSA) is 37.8 Å². The number of nitrogens with zero attached hydrogens (tertiary/aromatic N) is 2. The van der Waals surface area contributed by atoms with Crippen molar-refractivity contribution < 1.29 is 0 Å². The van der Waals surface area contributed by atoms with Gasteiger partial charge in [-0.2, -0.15) is 0 Å². The first-order valence-corrected chi connectivity index (χ1v) is 9.41. The lowest BCUT2D eigenvalue weighted by Gasteiger charge is -2.05. The minimum Gasteiger partial charge on any atom is -0.309 e. The summed E-state index contributed by atoms with van der Waals surface area (Å²) in [5, 5.41) is 8.13. The first kappa shape index (κ1) is 15.1. The summed E-state index contributed by atoms with van der Waals surface area (Å²) < 4.78 is 0. The van der Waals surface area contributed by atoms with E-state index in [2.05, 4.69) is 36.5 Å². The molecule has 1 fully saturated rings. The van der Waals surface area contributed by atoms with E-state index in [0.717, 1.165) is 36.1 Å². The lowest BCUT2D eigenvalue weighted by molar-refractivity contribution is 0.622. The number of hydrogen-bond acceptors (Lipinski definition) is 5. The van der Waals surface area contributed by atoms with Crippen molar-refractivity contribution in [2.24, 2.45) is 5.92 Å². The van der Waals surface area contributed by atoms with Crippen molar-refractivity contribution >= 4 is 22.7 Å². The zero-order valence-corrected chi connectivity index (χ0v) is 14.6. The van der Waals surface area contributed by atoms with Crippen molar-refractivity contribution in [3.05, 3.63) is 31.7 Å². The van der Waals surface area contributed by atoms with E-state index in [4.69, 9.17) is 4.98 Å². The molecule has 1 aliphatic carbocycles. The fraction of sp³-hybridized carbons (Fsp3) is 0.625. The summed E-state index contributed by atoms with van der Waals surface area (Å²) in [6, 6.07) is 0.753. The third-order valence-electron chi connectivity index (χ3n) is 3.55. The van der Waals surface area contributed by atoms with E-state index in [9.17, 15) is 0 Å². The van der Waals surface area contributed by atoms with Gasteiger partial charge in [0.05, 0.1) is 21.4 Å². The number of rotatable bonds is 7.